The van der Waals surface area contributed by atoms with Crippen molar-refractivity contribution in [2.24, 2.45) is 0 Å². The molecule has 4 nitrogen and oxygen atoms in total. The van der Waals surface area contributed by atoms with Crippen LogP contribution in [0.1, 0.15) is 20.7 Å². The summed E-state index contributed by atoms with van der Waals surface area (Å²) in [6.07, 6.45) is 0. The molecule has 0 saturated heterocycles. The monoisotopic (exact) mass is 355 g/mol. The van der Waals surface area contributed by atoms with Crippen LogP contribution >= 0.6 is 15.9 Å². The molecule has 0 unspecified atom stereocenters. The van der Waals surface area contributed by atoms with Crippen molar-refractivity contribution in [3.05, 3.63) is 63.6 Å². The summed E-state index contributed by atoms with van der Waals surface area (Å²) in [4.78, 5) is 22.6. The number of anilines is 1. The first kappa shape index (κ1) is 15.1. The maximum Gasteiger partial charge on any atom is 0.338 e. The van der Waals surface area contributed by atoms with E-state index in [1.165, 1.54) is 18.2 Å². The van der Waals surface area contributed by atoms with Gasteiger partial charge in [0.2, 0.25) is 0 Å². The van der Waals surface area contributed by atoms with Gasteiger partial charge in [0.15, 0.2) is 0 Å². The molecule has 0 radical (unpaired) electrons. The topological polar surface area (TPSA) is 66.4 Å². The van der Waals surface area contributed by atoms with Crippen molar-refractivity contribution in [3.8, 4) is 0 Å². The fourth-order valence-corrected chi connectivity index (χ4v) is 2.00. The van der Waals surface area contributed by atoms with Gasteiger partial charge in [-0.3, -0.25) is 4.79 Å². The Morgan fingerprint density at radius 2 is 1.71 bits per heavy atom. The van der Waals surface area contributed by atoms with Crippen LogP contribution in [0.25, 0.3) is 0 Å². The van der Waals surface area contributed by atoms with Crippen LogP contribution in [0.4, 0.5) is 14.5 Å². The second-order valence-corrected chi connectivity index (χ2v) is 4.99. The number of carbonyl (C=O) groups excluding carboxylic acids is 1. The minimum atomic E-state index is -1.41. The highest BCUT2D eigenvalue weighted by Gasteiger charge is 2.15. The van der Waals surface area contributed by atoms with Gasteiger partial charge >= 0.3 is 5.97 Å². The highest BCUT2D eigenvalue weighted by molar-refractivity contribution is 9.10. The zero-order valence-corrected chi connectivity index (χ0v) is 11.9. The molecule has 108 valence electrons. The fraction of sp³-hybridized carbons (Fsp3) is 0. The molecule has 0 fully saturated rings. The Kier molecular flexibility index (Phi) is 4.32. The van der Waals surface area contributed by atoms with Crippen molar-refractivity contribution in [1.82, 2.24) is 0 Å². The minimum absolute atomic E-state index is 0.0295. The lowest BCUT2D eigenvalue weighted by molar-refractivity contribution is 0.0692. The van der Waals surface area contributed by atoms with Crippen LogP contribution in [-0.4, -0.2) is 17.0 Å². The first-order valence-corrected chi connectivity index (χ1v) is 6.47. The van der Waals surface area contributed by atoms with E-state index < -0.39 is 29.1 Å². The highest BCUT2D eigenvalue weighted by atomic mass is 79.9. The fourth-order valence-electron chi connectivity index (χ4n) is 1.64. The number of carboxylic acids is 1. The Hall–Kier alpha value is -2.28. The summed E-state index contributed by atoms with van der Waals surface area (Å²) in [6.45, 7) is 0. The van der Waals surface area contributed by atoms with Gasteiger partial charge in [-0.1, -0.05) is 15.9 Å². The van der Waals surface area contributed by atoms with E-state index in [1.54, 1.807) is 0 Å². The van der Waals surface area contributed by atoms with Gasteiger partial charge in [-0.15, -0.1) is 0 Å². The van der Waals surface area contributed by atoms with Gasteiger partial charge in [0.1, 0.15) is 11.6 Å². The van der Waals surface area contributed by atoms with Gasteiger partial charge in [-0.05, 0) is 36.4 Å². The SMILES string of the molecule is O=C(O)c1ccc(NC(=O)c2cc(Br)ccc2F)cc1F. The van der Waals surface area contributed by atoms with Gasteiger partial charge in [-0.2, -0.15) is 0 Å². The molecular weight excluding hydrogens is 348 g/mol. The number of amides is 1. The lowest BCUT2D eigenvalue weighted by Crippen LogP contribution is -2.14. The molecule has 2 N–H and O–H groups in total. The quantitative estimate of drug-likeness (QED) is 0.882. The van der Waals surface area contributed by atoms with Crippen molar-refractivity contribution < 1.29 is 23.5 Å². The number of carbonyl (C=O) groups is 2. The predicted molar refractivity (Wildman–Crippen MR) is 75.4 cm³/mol. The summed E-state index contributed by atoms with van der Waals surface area (Å²) in [5.41, 5.74) is -0.699. The highest BCUT2D eigenvalue weighted by Crippen LogP contribution is 2.19. The second-order valence-electron chi connectivity index (χ2n) is 4.08. The van der Waals surface area contributed by atoms with Crippen molar-refractivity contribution >= 4 is 33.5 Å². The van der Waals surface area contributed by atoms with E-state index in [4.69, 9.17) is 5.11 Å². The molecule has 2 rings (SSSR count). The zero-order valence-electron chi connectivity index (χ0n) is 10.4. The molecule has 21 heavy (non-hydrogen) atoms. The lowest BCUT2D eigenvalue weighted by atomic mass is 10.1. The maximum atomic E-state index is 13.5. The Labute approximate surface area is 126 Å². The molecule has 2 aromatic carbocycles. The van der Waals surface area contributed by atoms with Crippen LogP contribution in [0, 0.1) is 11.6 Å². The van der Waals surface area contributed by atoms with Crippen LogP contribution in [0.2, 0.25) is 0 Å². The number of aromatic carboxylic acids is 1. The average Bonchev–Trinajstić information content (AvgIpc) is 2.41. The molecule has 0 aliphatic heterocycles. The van der Waals surface area contributed by atoms with Gasteiger partial charge in [0.25, 0.3) is 5.91 Å². The number of halogens is 3. The third-order valence-corrected chi connectivity index (χ3v) is 3.12. The minimum Gasteiger partial charge on any atom is -0.478 e. The molecule has 0 saturated carbocycles. The number of rotatable bonds is 3. The molecule has 0 aliphatic rings. The summed E-state index contributed by atoms with van der Waals surface area (Å²) in [6, 6.07) is 6.94. The molecule has 0 aliphatic carbocycles. The normalized spacial score (nSPS) is 10.2. The summed E-state index contributed by atoms with van der Waals surface area (Å²) < 4.78 is 27.5. The third kappa shape index (κ3) is 3.43. The van der Waals surface area contributed by atoms with Gasteiger partial charge < -0.3 is 10.4 Å². The van der Waals surface area contributed by atoms with E-state index in [-0.39, 0.29) is 11.3 Å². The first-order chi connectivity index (χ1) is 9.88. The Morgan fingerprint density at radius 1 is 1.00 bits per heavy atom. The van der Waals surface area contributed by atoms with E-state index in [9.17, 15) is 18.4 Å². The van der Waals surface area contributed by atoms with E-state index in [1.807, 2.05) is 0 Å². The van der Waals surface area contributed by atoms with E-state index >= 15 is 0 Å². The van der Waals surface area contributed by atoms with Crippen LogP contribution in [0.3, 0.4) is 0 Å². The molecule has 2 aromatic rings. The van der Waals surface area contributed by atoms with Gasteiger partial charge in [0.05, 0.1) is 11.1 Å². The Balaban J connectivity index is 2.26. The predicted octanol–water partition coefficient (Wildman–Crippen LogP) is 3.68. The lowest BCUT2D eigenvalue weighted by Gasteiger charge is -2.07. The smallest absolute Gasteiger partial charge is 0.338 e. The molecule has 7 heteroatoms. The number of benzene rings is 2. The van der Waals surface area contributed by atoms with Crippen LogP contribution in [-0.2, 0) is 0 Å². The van der Waals surface area contributed by atoms with Gasteiger partial charge in [-0.25, -0.2) is 13.6 Å². The van der Waals surface area contributed by atoms with Crippen molar-refractivity contribution in [2.45, 2.75) is 0 Å². The van der Waals surface area contributed by atoms with Crippen LogP contribution < -0.4 is 5.32 Å². The standard InChI is InChI=1S/C14H8BrF2NO3/c15-7-1-4-11(16)10(5-7)13(19)18-8-2-3-9(14(20)21)12(17)6-8/h1-6H,(H,18,19)(H,20,21). The van der Waals surface area contributed by atoms with Crippen LogP contribution in [0.15, 0.2) is 40.9 Å². The van der Waals surface area contributed by atoms with E-state index in [0.29, 0.717) is 4.47 Å². The third-order valence-electron chi connectivity index (χ3n) is 2.63. The maximum absolute atomic E-state index is 13.5. The molecule has 0 bridgehead atoms. The van der Waals surface area contributed by atoms with Crippen molar-refractivity contribution in [3.63, 3.8) is 0 Å². The first-order valence-electron chi connectivity index (χ1n) is 5.67. The van der Waals surface area contributed by atoms with Crippen molar-refractivity contribution in [1.29, 1.82) is 0 Å². The molecule has 0 atom stereocenters. The average molecular weight is 356 g/mol. The van der Waals surface area contributed by atoms with E-state index in [0.717, 1.165) is 18.2 Å². The van der Waals surface area contributed by atoms with Crippen molar-refractivity contribution in [2.75, 3.05) is 5.32 Å². The molecule has 1 amide bonds. The number of nitrogens with one attached hydrogen (secondary N) is 1. The summed E-state index contributed by atoms with van der Waals surface area (Å²) in [5.74, 6) is -3.90. The zero-order chi connectivity index (χ0) is 15.6. The largest absolute Gasteiger partial charge is 0.478 e. The Morgan fingerprint density at radius 3 is 2.33 bits per heavy atom. The Bertz CT molecular complexity index is 734. The van der Waals surface area contributed by atoms with Gasteiger partial charge in [0, 0.05) is 10.2 Å². The molecule has 0 spiro atoms. The number of hydrogen-bond donors (Lipinski definition) is 2. The second kappa shape index (κ2) is 6.01. The molecule has 0 heterocycles. The van der Waals surface area contributed by atoms with E-state index in [2.05, 4.69) is 21.2 Å². The number of carboxylic acid groups (broad SMARTS) is 1. The molecular formula is C14H8BrF2NO3. The van der Waals surface area contributed by atoms with Crippen LogP contribution in [0.5, 0.6) is 0 Å². The summed E-state index contributed by atoms with van der Waals surface area (Å²) in [7, 11) is 0. The molecule has 0 aromatic heterocycles. The summed E-state index contributed by atoms with van der Waals surface area (Å²) >= 11 is 3.12. The summed E-state index contributed by atoms with van der Waals surface area (Å²) in [5, 5.41) is 11.0. The number of hydrogen-bond acceptors (Lipinski definition) is 2.